The second kappa shape index (κ2) is 7.97. The Morgan fingerprint density at radius 2 is 2.14 bits per heavy atom. The normalized spacial score (nSPS) is 18.6. The molecule has 1 atom stereocenters. The van der Waals surface area contributed by atoms with Crippen LogP contribution in [0.1, 0.15) is 33.1 Å². The highest BCUT2D eigenvalue weighted by Gasteiger charge is 2.23. The van der Waals surface area contributed by atoms with Crippen molar-refractivity contribution in [3.05, 3.63) is 0 Å². The zero-order valence-electron chi connectivity index (χ0n) is 13.1. The zero-order chi connectivity index (χ0) is 15.1. The number of ether oxygens (including phenoxy) is 2. The molecule has 0 radical (unpaired) electrons. The lowest BCUT2D eigenvalue weighted by Crippen LogP contribution is -2.40. The summed E-state index contributed by atoms with van der Waals surface area (Å²) in [5.74, 6) is 1.18. The van der Waals surface area contributed by atoms with Gasteiger partial charge in [0.1, 0.15) is 0 Å². The predicted molar refractivity (Wildman–Crippen MR) is 82.0 cm³/mol. The van der Waals surface area contributed by atoms with E-state index in [1.807, 2.05) is 6.92 Å². The standard InChI is InChI=1S/C14H25N5O2/c1-4-9-21-11-7-6-8-19(10-11)13-16-12(15-3)17-14(18-13)20-5-2/h11H,4-10H2,1-3H3,(H,15,16,17,18). The molecular weight excluding hydrogens is 270 g/mol. The van der Waals surface area contributed by atoms with Gasteiger partial charge in [-0.1, -0.05) is 6.92 Å². The number of rotatable bonds is 7. The third-order valence-corrected chi connectivity index (χ3v) is 3.32. The van der Waals surface area contributed by atoms with Crippen molar-refractivity contribution in [3.8, 4) is 6.01 Å². The van der Waals surface area contributed by atoms with Crippen LogP contribution in [0.25, 0.3) is 0 Å². The molecule has 0 saturated carbocycles. The Hall–Kier alpha value is -1.63. The summed E-state index contributed by atoms with van der Waals surface area (Å²) >= 11 is 0. The number of piperidine rings is 1. The van der Waals surface area contributed by atoms with Crippen LogP contribution in [-0.4, -0.2) is 54.4 Å². The fourth-order valence-electron chi connectivity index (χ4n) is 2.33. The Morgan fingerprint density at radius 1 is 1.29 bits per heavy atom. The summed E-state index contributed by atoms with van der Waals surface area (Å²) in [6.45, 7) is 7.14. The lowest BCUT2D eigenvalue weighted by molar-refractivity contribution is 0.0437. The fourth-order valence-corrected chi connectivity index (χ4v) is 2.33. The van der Waals surface area contributed by atoms with E-state index in [9.17, 15) is 0 Å². The van der Waals surface area contributed by atoms with Gasteiger partial charge in [-0.3, -0.25) is 0 Å². The van der Waals surface area contributed by atoms with E-state index in [4.69, 9.17) is 9.47 Å². The van der Waals surface area contributed by atoms with E-state index in [0.717, 1.165) is 39.0 Å². The molecule has 0 aromatic carbocycles. The third-order valence-electron chi connectivity index (χ3n) is 3.32. The van der Waals surface area contributed by atoms with Crippen molar-refractivity contribution in [2.45, 2.75) is 39.2 Å². The number of hydrogen-bond donors (Lipinski definition) is 1. The maximum absolute atomic E-state index is 5.86. The van der Waals surface area contributed by atoms with Crippen LogP contribution in [0, 0.1) is 0 Å². The fraction of sp³-hybridized carbons (Fsp3) is 0.786. The first-order valence-electron chi connectivity index (χ1n) is 7.70. The van der Waals surface area contributed by atoms with E-state index in [1.54, 1.807) is 7.05 Å². The van der Waals surface area contributed by atoms with Gasteiger partial charge in [-0.05, 0) is 26.2 Å². The summed E-state index contributed by atoms with van der Waals surface area (Å²) in [5.41, 5.74) is 0. The lowest BCUT2D eigenvalue weighted by Gasteiger charge is -2.32. The van der Waals surface area contributed by atoms with Crippen molar-refractivity contribution in [1.82, 2.24) is 15.0 Å². The second-order valence-electron chi connectivity index (χ2n) is 5.01. The SMILES string of the molecule is CCCOC1CCCN(c2nc(NC)nc(OCC)n2)C1. The molecule has 1 unspecified atom stereocenters. The molecule has 7 heteroatoms. The molecule has 1 fully saturated rings. The van der Waals surface area contributed by atoms with E-state index in [0.29, 0.717) is 24.5 Å². The molecule has 0 amide bonds. The molecule has 0 bridgehead atoms. The van der Waals surface area contributed by atoms with Crippen LogP contribution in [0.4, 0.5) is 11.9 Å². The van der Waals surface area contributed by atoms with Crippen LogP contribution in [0.5, 0.6) is 6.01 Å². The minimum Gasteiger partial charge on any atom is -0.464 e. The quantitative estimate of drug-likeness (QED) is 0.821. The maximum Gasteiger partial charge on any atom is 0.323 e. The number of nitrogens with one attached hydrogen (secondary N) is 1. The average molecular weight is 295 g/mol. The minimum atomic E-state index is 0.254. The van der Waals surface area contributed by atoms with Crippen molar-refractivity contribution in [3.63, 3.8) is 0 Å². The van der Waals surface area contributed by atoms with Gasteiger partial charge >= 0.3 is 6.01 Å². The van der Waals surface area contributed by atoms with Gasteiger partial charge in [0, 0.05) is 26.7 Å². The third kappa shape index (κ3) is 4.42. The minimum absolute atomic E-state index is 0.254. The number of aromatic nitrogens is 3. The van der Waals surface area contributed by atoms with E-state index in [1.165, 1.54) is 0 Å². The summed E-state index contributed by atoms with van der Waals surface area (Å²) in [6, 6.07) is 0.364. The first-order valence-corrected chi connectivity index (χ1v) is 7.70. The van der Waals surface area contributed by atoms with Crippen LogP contribution < -0.4 is 15.0 Å². The monoisotopic (exact) mass is 295 g/mol. The van der Waals surface area contributed by atoms with Crippen molar-refractivity contribution in [2.75, 3.05) is 43.6 Å². The molecular formula is C14H25N5O2. The summed E-state index contributed by atoms with van der Waals surface area (Å²) in [6.07, 6.45) is 3.47. The van der Waals surface area contributed by atoms with E-state index in [-0.39, 0.29) is 6.10 Å². The van der Waals surface area contributed by atoms with Crippen molar-refractivity contribution in [2.24, 2.45) is 0 Å². The highest BCUT2D eigenvalue weighted by Crippen LogP contribution is 2.21. The van der Waals surface area contributed by atoms with Crippen LogP contribution >= 0.6 is 0 Å². The molecule has 1 saturated heterocycles. The Kier molecular flexibility index (Phi) is 5.98. The van der Waals surface area contributed by atoms with Crippen LogP contribution in [0.3, 0.4) is 0 Å². The molecule has 21 heavy (non-hydrogen) atoms. The Balaban J connectivity index is 2.10. The van der Waals surface area contributed by atoms with Gasteiger partial charge in [0.15, 0.2) is 0 Å². The van der Waals surface area contributed by atoms with E-state index >= 15 is 0 Å². The highest BCUT2D eigenvalue weighted by atomic mass is 16.5. The van der Waals surface area contributed by atoms with Gasteiger partial charge in [0.05, 0.1) is 12.7 Å². The average Bonchev–Trinajstić information content (AvgIpc) is 2.53. The van der Waals surface area contributed by atoms with Crippen molar-refractivity contribution >= 4 is 11.9 Å². The van der Waals surface area contributed by atoms with Crippen LogP contribution in [0.15, 0.2) is 0 Å². The van der Waals surface area contributed by atoms with Crippen LogP contribution in [0.2, 0.25) is 0 Å². The molecule has 1 aliphatic rings. The van der Waals surface area contributed by atoms with Gasteiger partial charge < -0.3 is 19.7 Å². The molecule has 2 heterocycles. The topological polar surface area (TPSA) is 72.4 Å². The molecule has 1 aromatic heterocycles. The summed E-state index contributed by atoms with van der Waals surface area (Å²) in [7, 11) is 1.79. The smallest absolute Gasteiger partial charge is 0.323 e. The lowest BCUT2D eigenvalue weighted by atomic mass is 10.1. The van der Waals surface area contributed by atoms with Crippen molar-refractivity contribution in [1.29, 1.82) is 0 Å². The molecule has 1 aliphatic heterocycles. The molecule has 1 aromatic rings. The maximum atomic E-state index is 5.86. The zero-order valence-corrected chi connectivity index (χ0v) is 13.1. The highest BCUT2D eigenvalue weighted by molar-refractivity contribution is 5.38. The van der Waals surface area contributed by atoms with Gasteiger partial charge in [0.2, 0.25) is 11.9 Å². The van der Waals surface area contributed by atoms with Crippen molar-refractivity contribution < 1.29 is 9.47 Å². The van der Waals surface area contributed by atoms with E-state index in [2.05, 4.69) is 32.1 Å². The summed E-state index contributed by atoms with van der Waals surface area (Å²) in [4.78, 5) is 15.2. The summed E-state index contributed by atoms with van der Waals surface area (Å²) in [5, 5.41) is 2.95. The molecule has 1 N–H and O–H groups in total. The Labute approximate surface area is 126 Å². The Morgan fingerprint density at radius 3 is 2.86 bits per heavy atom. The van der Waals surface area contributed by atoms with Crippen LogP contribution in [-0.2, 0) is 4.74 Å². The molecule has 0 spiro atoms. The predicted octanol–water partition coefficient (Wildman–Crippen LogP) is 1.71. The largest absolute Gasteiger partial charge is 0.464 e. The van der Waals surface area contributed by atoms with Gasteiger partial charge in [-0.25, -0.2) is 0 Å². The molecule has 0 aliphatic carbocycles. The first kappa shape index (κ1) is 15.8. The Bertz CT molecular complexity index is 443. The van der Waals surface area contributed by atoms with Gasteiger partial charge in [-0.15, -0.1) is 0 Å². The molecule has 2 rings (SSSR count). The molecule has 118 valence electrons. The van der Waals surface area contributed by atoms with E-state index < -0.39 is 0 Å². The second-order valence-corrected chi connectivity index (χ2v) is 5.01. The van der Waals surface area contributed by atoms with Gasteiger partial charge in [0.25, 0.3) is 0 Å². The summed E-state index contributed by atoms with van der Waals surface area (Å²) < 4.78 is 11.3. The number of anilines is 2. The number of nitrogens with zero attached hydrogens (tertiary/aromatic N) is 4. The number of hydrogen-bond acceptors (Lipinski definition) is 7. The molecule has 7 nitrogen and oxygen atoms in total. The first-order chi connectivity index (χ1) is 10.3. The van der Waals surface area contributed by atoms with Gasteiger partial charge in [-0.2, -0.15) is 15.0 Å².